The van der Waals surface area contributed by atoms with E-state index in [0.717, 1.165) is 37.8 Å². The van der Waals surface area contributed by atoms with E-state index < -0.39 is 17.5 Å². The molecule has 2 heterocycles. The highest BCUT2D eigenvalue weighted by Gasteiger charge is 2.18. The van der Waals surface area contributed by atoms with Gasteiger partial charge in [0.2, 0.25) is 5.88 Å². The Labute approximate surface area is 142 Å². The van der Waals surface area contributed by atoms with Crippen molar-refractivity contribution in [1.29, 1.82) is 0 Å². The van der Waals surface area contributed by atoms with E-state index in [-0.39, 0.29) is 11.7 Å². The molecule has 1 aliphatic rings. The van der Waals surface area contributed by atoms with Crippen LogP contribution in [0.2, 0.25) is 0 Å². The lowest BCUT2D eigenvalue weighted by Crippen LogP contribution is -2.20. The Bertz CT molecular complexity index is 896. The molecule has 0 spiro atoms. The summed E-state index contributed by atoms with van der Waals surface area (Å²) in [4.78, 5) is 4.17. The zero-order valence-electron chi connectivity index (χ0n) is 13.4. The van der Waals surface area contributed by atoms with Crippen molar-refractivity contribution in [2.45, 2.75) is 38.2 Å². The van der Waals surface area contributed by atoms with Crippen LogP contribution in [0.5, 0.6) is 5.88 Å². The fraction of sp³-hybridized carbons (Fsp3) is 0.333. The van der Waals surface area contributed by atoms with E-state index in [0.29, 0.717) is 17.2 Å². The van der Waals surface area contributed by atoms with Crippen molar-refractivity contribution in [2.75, 3.05) is 0 Å². The van der Waals surface area contributed by atoms with Gasteiger partial charge in [-0.15, -0.1) is 5.10 Å². The standard InChI is InChI=1S/C18H16F3N3O/c19-13-8-11(9-14(20)18(13)21)15-10-22-16-6-7-17(23-24(15)16)25-12-4-2-1-3-5-12/h6-10,12H,1-5H2. The Morgan fingerprint density at radius 2 is 1.72 bits per heavy atom. The molecule has 130 valence electrons. The Morgan fingerprint density at radius 1 is 1.00 bits per heavy atom. The Balaban J connectivity index is 1.71. The van der Waals surface area contributed by atoms with E-state index in [1.54, 1.807) is 12.1 Å². The number of benzene rings is 1. The van der Waals surface area contributed by atoms with Gasteiger partial charge < -0.3 is 4.74 Å². The summed E-state index contributed by atoms with van der Waals surface area (Å²) in [7, 11) is 0. The fourth-order valence-electron chi connectivity index (χ4n) is 3.17. The summed E-state index contributed by atoms with van der Waals surface area (Å²) in [6.45, 7) is 0. The van der Waals surface area contributed by atoms with Gasteiger partial charge in [0.15, 0.2) is 23.1 Å². The van der Waals surface area contributed by atoms with Gasteiger partial charge in [-0.2, -0.15) is 0 Å². The quantitative estimate of drug-likeness (QED) is 0.654. The highest BCUT2D eigenvalue weighted by Crippen LogP contribution is 2.26. The van der Waals surface area contributed by atoms with Crippen LogP contribution >= 0.6 is 0 Å². The first-order valence-electron chi connectivity index (χ1n) is 8.28. The second kappa shape index (κ2) is 6.38. The van der Waals surface area contributed by atoms with Crippen LogP contribution in [0.3, 0.4) is 0 Å². The molecule has 2 aromatic heterocycles. The maximum absolute atomic E-state index is 13.5. The van der Waals surface area contributed by atoms with Gasteiger partial charge in [-0.25, -0.2) is 22.7 Å². The molecule has 0 atom stereocenters. The zero-order valence-corrected chi connectivity index (χ0v) is 13.4. The van der Waals surface area contributed by atoms with Crippen molar-refractivity contribution in [2.24, 2.45) is 0 Å². The van der Waals surface area contributed by atoms with Gasteiger partial charge in [0.1, 0.15) is 6.10 Å². The summed E-state index contributed by atoms with van der Waals surface area (Å²) in [5, 5.41) is 4.38. The number of hydrogen-bond acceptors (Lipinski definition) is 3. The predicted octanol–water partition coefficient (Wildman–Crippen LogP) is 4.53. The van der Waals surface area contributed by atoms with Crippen LogP contribution in [0.4, 0.5) is 13.2 Å². The van der Waals surface area contributed by atoms with Gasteiger partial charge in [0.25, 0.3) is 0 Å². The van der Waals surface area contributed by atoms with E-state index in [2.05, 4.69) is 10.1 Å². The largest absolute Gasteiger partial charge is 0.473 e. The molecule has 0 bridgehead atoms. The molecule has 25 heavy (non-hydrogen) atoms. The third-order valence-electron chi connectivity index (χ3n) is 4.46. The highest BCUT2D eigenvalue weighted by molar-refractivity contribution is 5.63. The number of fused-ring (bicyclic) bond motifs is 1. The minimum absolute atomic E-state index is 0.131. The minimum atomic E-state index is -1.49. The molecule has 3 aromatic rings. The first kappa shape index (κ1) is 15.9. The lowest BCUT2D eigenvalue weighted by Gasteiger charge is -2.22. The van der Waals surface area contributed by atoms with Crippen LogP contribution in [0.25, 0.3) is 16.9 Å². The number of halogens is 3. The summed E-state index contributed by atoms with van der Waals surface area (Å²) < 4.78 is 47.6. The molecule has 0 N–H and O–H groups in total. The van der Waals surface area contributed by atoms with E-state index in [1.165, 1.54) is 17.1 Å². The first-order chi connectivity index (χ1) is 12.1. The average molecular weight is 347 g/mol. The monoisotopic (exact) mass is 347 g/mol. The smallest absolute Gasteiger partial charge is 0.232 e. The first-order valence-corrected chi connectivity index (χ1v) is 8.28. The lowest BCUT2D eigenvalue weighted by molar-refractivity contribution is 0.147. The van der Waals surface area contributed by atoms with Gasteiger partial charge in [-0.05, 0) is 43.9 Å². The summed E-state index contributed by atoms with van der Waals surface area (Å²) in [5.74, 6) is -3.56. The van der Waals surface area contributed by atoms with Crippen LogP contribution in [-0.2, 0) is 0 Å². The van der Waals surface area contributed by atoms with Crippen LogP contribution in [0.1, 0.15) is 32.1 Å². The maximum Gasteiger partial charge on any atom is 0.232 e. The molecule has 0 amide bonds. The Hall–Kier alpha value is -2.57. The molecule has 1 aliphatic carbocycles. The molecule has 4 rings (SSSR count). The molecule has 1 fully saturated rings. The van der Waals surface area contributed by atoms with Gasteiger partial charge in [-0.1, -0.05) is 6.42 Å². The Morgan fingerprint density at radius 3 is 2.44 bits per heavy atom. The second-order valence-corrected chi connectivity index (χ2v) is 6.22. The topological polar surface area (TPSA) is 39.4 Å². The lowest BCUT2D eigenvalue weighted by atomic mass is 9.98. The van der Waals surface area contributed by atoms with Gasteiger partial charge >= 0.3 is 0 Å². The molecule has 1 saturated carbocycles. The predicted molar refractivity (Wildman–Crippen MR) is 85.8 cm³/mol. The van der Waals surface area contributed by atoms with Crippen molar-refractivity contribution < 1.29 is 17.9 Å². The van der Waals surface area contributed by atoms with Crippen molar-refractivity contribution in [3.05, 3.63) is 47.9 Å². The normalized spacial score (nSPS) is 15.6. The Kier molecular flexibility index (Phi) is 4.07. The van der Waals surface area contributed by atoms with Gasteiger partial charge in [0, 0.05) is 11.6 Å². The molecule has 0 unspecified atom stereocenters. The third kappa shape index (κ3) is 3.06. The molecule has 0 aliphatic heterocycles. The molecule has 1 aromatic carbocycles. The average Bonchev–Trinajstić information content (AvgIpc) is 3.03. The molecule has 0 saturated heterocycles. The summed E-state index contributed by atoms with van der Waals surface area (Å²) in [6, 6.07) is 5.31. The van der Waals surface area contributed by atoms with Crippen molar-refractivity contribution in [3.8, 4) is 17.1 Å². The van der Waals surface area contributed by atoms with Crippen molar-refractivity contribution in [3.63, 3.8) is 0 Å². The summed E-state index contributed by atoms with van der Waals surface area (Å²) in [5.41, 5.74) is 1.03. The fourth-order valence-corrected chi connectivity index (χ4v) is 3.17. The third-order valence-corrected chi connectivity index (χ3v) is 4.46. The molecule has 0 radical (unpaired) electrons. The van der Waals surface area contributed by atoms with E-state index >= 15 is 0 Å². The second-order valence-electron chi connectivity index (χ2n) is 6.22. The van der Waals surface area contributed by atoms with E-state index in [4.69, 9.17) is 4.74 Å². The summed E-state index contributed by atoms with van der Waals surface area (Å²) >= 11 is 0. The zero-order chi connectivity index (χ0) is 17.4. The number of hydrogen-bond donors (Lipinski definition) is 0. The van der Waals surface area contributed by atoms with Crippen LogP contribution in [-0.4, -0.2) is 20.7 Å². The van der Waals surface area contributed by atoms with Crippen LogP contribution in [0, 0.1) is 17.5 Å². The number of rotatable bonds is 3. The molecule has 7 heteroatoms. The number of nitrogens with zero attached hydrogens (tertiary/aromatic N) is 3. The van der Waals surface area contributed by atoms with Crippen molar-refractivity contribution >= 4 is 5.65 Å². The number of aromatic nitrogens is 3. The minimum Gasteiger partial charge on any atom is -0.473 e. The van der Waals surface area contributed by atoms with E-state index in [9.17, 15) is 13.2 Å². The number of imidazole rings is 1. The van der Waals surface area contributed by atoms with Gasteiger partial charge in [-0.3, -0.25) is 0 Å². The SMILES string of the molecule is Fc1cc(-c2cnc3ccc(OC4CCCCC4)nn23)cc(F)c1F. The molecular weight excluding hydrogens is 331 g/mol. The van der Waals surface area contributed by atoms with Crippen molar-refractivity contribution in [1.82, 2.24) is 14.6 Å². The molecular formula is C18H16F3N3O. The summed E-state index contributed by atoms with van der Waals surface area (Å²) in [6.07, 6.45) is 7.05. The van der Waals surface area contributed by atoms with Crippen LogP contribution < -0.4 is 4.74 Å². The van der Waals surface area contributed by atoms with Crippen LogP contribution in [0.15, 0.2) is 30.5 Å². The molecule has 4 nitrogen and oxygen atoms in total. The number of ether oxygens (including phenoxy) is 1. The highest BCUT2D eigenvalue weighted by atomic mass is 19.2. The van der Waals surface area contributed by atoms with E-state index in [1.807, 2.05) is 0 Å². The van der Waals surface area contributed by atoms with Gasteiger partial charge in [0.05, 0.1) is 11.9 Å². The maximum atomic E-state index is 13.5.